The molecule has 1 fully saturated rings. The monoisotopic (exact) mass is 289 g/mol. The molecule has 0 unspecified atom stereocenters. The van der Waals surface area contributed by atoms with E-state index in [4.69, 9.17) is 0 Å². The molecule has 1 saturated carbocycles. The van der Waals surface area contributed by atoms with Gasteiger partial charge in [0.15, 0.2) is 0 Å². The standard InChI is InChI=1S/C14H15N3O2S/c18-12(16-17-14(19)9-5-6-9)7-8-13-15-10-3-1-2-4-11(10)20-13/h1-4,9H,5-8H2,(H,16,18)(H,17,19). The molecule has 0 atom stereocenters. The highest BCUT2D eigenvalue weighted by molar-refractivity contribution is 7.18. The minimum absolute atomic E-state index is 0.0849. The molecule has 2 N–H and O–H groups in total. The predicted octanol–water partition coefficient (Wildman–Crippen LogP) is 1.79. The smallest absolute Gasteiger partial charge is 0.241 e. The summed E-state index contributed by atoms with van der Waals surface area (Å²) in [5.41, 5.74) is 5.87. The fourth-order valence-electron chi connectivity index (χ4n) is 1.89. The Balaban J connectivity index is 1.48. The Kier molecular flexibility index (Phi) is 3.64. The molecule has 1 heterocycles. The second kappa shape index (κ2) is 5.58. The first kappa shape index (κ1) is 13.1. The number of aryl methyl sites for hydroxylation is 1. The van der Waals surface area contributed by atoms with Crippen molar-refractivity contribution in [2.75, 3.05) is 0 Å². The summed E-state index contributed by atoms with van der Waals surface area (Å²) in [7, 11) is 0. The highest BCUT2D eigenvalue weighted by Crippen LogP contribution is 2.28. The lowest BCUT2D eigenvalue weighted by Gasteiger charge is -2.05. The van der Waals surface area contributed by atoms with Crippen LogP contribution in [0.5, 0.6) is 0 Å². The van der Waals surface area contributed by atoms with Crippen LogP contribution in [0, 0.1) is 5.92 Å². The Morgan fingerprint density at radius 1 is 1.25 bits per heavy atom. The topological polar surface area (TPSA) is 71.1 Å². The zero-order chi connectivity index (χ0) is 13.9. The SMILES string of the molecule is O=C(CCc1nc2ccccc2s1)NNC(=O)C1CC1. The van der Waals surface area contributed by atoms with Gasteiger partial charge >= 0.3 is 0 Å². The van der Waals surface area contributed by atoms with Crippen molar-refractivity contribution in [1.29, 1.82) is 0 Å². The van der Waals surface area contributed by atoms with E-state index >= 15 is 0 Å². The summed E-state index contributed by atoms with van der Waals surface area (Å²) >= 11 is 1.60. The summed E-state index contributed by atoms with van der Waals surface area (Å²) in [5.74, 6) is -0.170. The number of fused-ring (bicyclic) bond motifs is 1. The fraction of sp³-hybridized carbons (Fsp3) is 0.357. The second-order valence-corrected chi connectivity index (χ2v) is 6.00. The molecule has 6 heteroatoms. The first-order valence-electron chi connectivity index (χ1n) is 6.65. The van der Waals surface area contributed by atoms with Gasteiger partial charge in [0.1, 0.15) is 0 Å². The van der Waals surface area contributed by atoms with Gasteiger partial charge < -0.3 is 0 Å². The summed E-state index contributed by atoms with van der Waals surface area (Å²) < 4.78 is 1.13. The van der Waals surface area contributed by atoms with E-state index in [0.717, 1.165) is 28.1 Å². The van der Waals surface area contributed by atoms with E-state index in [1.165, 1.54) is 0 Å². The van der Waals surface area contributed by atoms with Crippen molar-refractivity contribution in [3.05, 3.63) is 29.3 Å². The average Bonchev–Trinajstić information content (AvgIpc) is 3.22. The zero-order valence-electron chi connectivity index (χ0n) is 10.9. The van der Waals surface area contributed by atoms with Crippen LogP contribution < -0.4 is 10.9 Å². The molecular formula is C14H15N3O2S. The lowest BCUT2D eigenvalue weighted by Crippen LogP contribution is -2.42. The third-order valence-electron chi connectivity index (χ3n) is 3.18. The number of benzene rings is 1. The fourth-order valence-corrected chi connectivity index (χ4v) is 2.86. The summed E-state index contributed by atoms with van der Waals surface area (Å²) in [4.78, 5) is 27.5. The number of nitrogens with one attached hydrogen (secondary N) is 2. The molecule has 0 radical (unpaired) electrons. The molecule has 1 aromatic heterocycles. The van der Waals surface area contributed by atoms with Crippen LogP contribution in [0.4, 0.5) is 0 Å². The largest absolute Gasteiger partial charge is 0.273 e. The van der Waals surface area contributed by atoms with Gasteiger partial charge in [0.2, 0.25) is 11.8 Å². The van der Waals surface area contributed by atoms with E-state index in [9.17, 15) is 9.59 Å². The van der Waals surface area contributed by atoms with Crippen LogP contribution in [0.2, 0.25) is 0 Å². The number of hydrogen-bond donors (Lipinski definition) is 2. The van der Waals surface area contributed by atoms with Crippen molar-refractivity contribution < 1.29 is 9.59 Å². The summed E-state index contributed by atoms with van der Waals surface area (Å²) in [6.45, 7) is 0. The van der Waals surface area contributed by atoms with E-state index in [0.29, 0.717) is 12.8 Å². The number of amides is 2. The quantitative estimate of drug-likeness (QED) is 0.843. The van der Waals surface area contributed by atoms with Gasteiger partial charge in [0, 0.05) is 18.8 Å². The van der Waals surface area contributed by atoms with Gasteiger partial charge in [-0.3, -0.25) is 20.4 Å². The molecule has 0 saturated heterocycles. The molecule has 20 heavy (non-hydrogen) atoms. The molecule has 0 bridgehead atoms. The maximum Gasteiger partial charge on any atom is 0.241 e. The van der Waals surface area contributed by atoms with E-state index in [2.05, 4.69) is 15.8 Å². The van der Waals surface area contributed by atoms with Gasteiger partial charge in [0.05, 0.1) is 15.2 Å². The number of para-hydroxylation sites is 1. The third-order valence-corrected chi connectivity index (χ3v) is 4.27. The molecule has 104 valence electrons. The Morgan fingerprint density at radius 3 is 2.80 bits per heavy atom. The van der Waals surface area contributed by atoms with Crippen molar-refractivity contribution in [1.82, 2.24) is 15.8 Å². The van der Waals surface area contributed by atoms with Crippen LogP contribution in [0.25, 0.3) is 10.2 Å². The number of aromatic nitrogens is 1. The molecular weight excluding hydrogens is 274 g/mol. The summed E-state index contributed by atoms with van der Waals surface area (Å²) in [5, 5.41) is 0.940. The highest BCUT2D eigenvalue weighted by atomic mass is 32.1. The molecule has 1 aromatic carbocycles. The maximum atomic E-state index is 11.6. The van der Waals surface area contributed by atoms with E-state index < -0.39 is 0 Å². The maximum absolute atomic E-state index is 11.6. The Bertz CT molecular complexity index is 616. The Morgan fingerprint density at radius 2 is 2.05 bits per heavy atom. The van der Waals surface area contributed by atoms with E-state index in [-0.39, 0.29) is 17.7 Å². The highest BCUT2D eigenvalue weighted by Gasteiger charge is 2.29. The van der Waals surface area contributed by atoms with Gasteiger partial charge in [0.25, 0.3) is 0 Å². The molecule has 5 nitrogen and oxygen atoms in total. The number of carbonyl (C=O) groups is 2. The average molecular weight is 289 g/mol. The lowest BCUT2D eigenvalue weighted by molar-refractivity contribution is -0.129. The van der Waals surface area contributed by atoms with Gasteiger partial charge in [-0.2, -0.15) is 0 Å². The predicted molar refractivity (Wildman–Crippen MR) is 77.0 cm³/mol. The lowest BCUT2D eigenvalue weighted by atomic mass is 10.3. The van der Waals surface area contributed by atoms with Crippen LogP contribution in [-0.4, -0.2) is 16.8 Å². The van der Waals surface area contributed by atoms with Gasteiger partial charge in [-0.05, 0) is 25.0 Å². The summed E-state index contributed by atoms with van der Waals surface area (Å²) in [6.07, 6.45) is 2.76. The normalized spacial score (nSPS) is 14.2. The number of nitrogens with zero attached hydrogens (tertiary/aromatic N) is 1. The number of hydrogen-bond acceptors (Lipinski definition) is 4. The molecule has 1 aliphatic carbocycles. The Hall–Kier alpha value is -1.95. The van der Waals surface area contributed by atoms with Crippen molar-refractivity contribution >= 4 is 33.4 Å². The number of hydrazine groups is 1. The minimum atomic E-state index is -0.182. The van der Waals surface area contributed by atoms with Crippen LogP contribution in [0.1, 0.15) is 24.3 Å². The zero-order valence-corrected chi connectivity index (χ0v) is 11.7. The van der Waals surface area contributed by atoms with Crippen LogP contribution >= 0.6 is 11.3 Å². The van der Waals surface area contributed by atoms with Crippen molar-refractivity contribution in [3.63, 3.8) is 0 Å². The van der Waals surface area contributed by atoms with Crippen LogP contribution in [0.15, 0.2) is 24.3 Å². The van der Waals surface area contributed by atoms with Crippen molar-refractivity contribution in [2.45, 2.75) is 25.7 Å². The molecule has 2 aromatic rings. The van der Waals surface area contributed by atoms with Gasteiger partial charge in [-0.1, -0.05) is 12.1 Å². The van der Waals surface area contributed by atoms with E-state index in [1.54, 1.807) is 11.3 Å². The Labute approximate surface area is 120 Å². The van der Waals surface area contributed by atoms with Crippen LogP contribution in [0.3, 0.4) is 0 Å². The second-order valence-electron chi connectivity index (χ2n) is 4.89. The van der Waals surface area contributed by atoms with Crippen molar-refractivity contribution in [2.24, 2.45) is 5.92 Å². The summed E-state index contributed by atoms with van der Waals surface area (Å²) in [6, 6.07) is 7.91. The third kappa shape index (κ3) is 3.14. The molecule has 0 spiro atoms. The van der Waals surface area contributed by atoms with Gasteiger partial charge in [-0.25, -0.2) is 4.98 Å². The first-order chi connectivity index (χ1) is 9.72. The molecule has 1 aliphatic rings. The number of thiazole rings is 1. The molecule has 0 aliphatic heterocycles. The number of rotatable bonds is 4. The van der Waals surface area contributed by atoms with E-state index in [1.807, 2.05) is 24.3 Å². The minimum Gasteiger partial charge on any atom is -0.273 e. The van der Waals surface area contributed by atoms with Crippen molar-refractivity contribution in [3.8, 4) is 0 Å². The molecule has 3 rings (SSSR count). The number of carbonyl (C=O) groups excluding carboxylic acids is 2. The van der Waals surface area contributed by atoms with Gasteiger partial charge in [-0.15, -0.1) is 11.3 Å². The molecule has 2 amide bonds. The van der Waals surface area contributed by atoms with Crippen LogP contribution in [-0.2, 0) is 16.0 Å². The first-order valence-corrected chi connectivity index (χ1v) is 7.47.